The number of halogens is 1. The third-order valence-corrected chi connectivity index (χ3v) is 3.42. The molecule has 0 radical (unpaired) electrons. The van der Waals surface area contributed by atoms with Crippen LogP contribution in [-0.2, 0) is 17.9 Å². The molecular weight excluding hydrogens is 268 g/mol. The predicted molar refractivity (Wildman–Crippen MR) is 69.4 cm³/mol. The van der Waals surface area contributed by atoms with Crippen LogP contribution in [0.4, 0.5) is 0 Å². The summed E-state index contributed by atoms with van der Waals surface area (Å²) >= 11 is 3.55. The van der Waals surface area contributed by atoms with Gasteiger partial charge in [-0.2, -0.15) is 5.10 Å². The van der Waals surface area contributed by atoms with Gasteiger partial charge in [-0.3, -0.25) is 4.68 Å². The molecule has 0 N–H and O–H groups in total. The number of allylic oxidation sites excluding steroid dienone is 1. The van der Waals surface area contributed by atoms with E-state index in [0.717, 1.165) is 41.9 Å². The van der Waals surface area contributed by atoms with Crippen molar-refractivity contribution in [3.05, 3.63) is 28.5 Å². The molecule has 0 saturated carbocycles. The fourth-order valence-electron chi connectivity index (χ4n) is 1.51. The van der Waals surface area contributed by atoms with Gasteiger partial charge < -0.3 is 4.74 Å². The molecule has 0 spiro atoms. The molecule has 0 unspecified atom stereocenters. The molecular formula is C12H19BrN2O. The molecule has 1 rings (SSSR count). The summed E-state index contributed by atoms with van der Waals surface area (Å²) in [4.78, 5) is 0. The minimum absolute atomic E-state index is 0.617. The average Bonchev–Trinajstić information content (AvgIpc) is 2.56. The van der Waals surface area contributed by atoms with Gasteiger partial charge >= 0.3 is 0 Å². The number of unbranched alkanes of at least 4 members (excludes halogenated alkanes) is 1. The van der Waals surface area contributed by atoms with Crippen LogP contribution >= 0.6 is 15.9 Å². The highest BCUT2D eigenvalue weighted by atomic mass is 79.9. The molecule has 0 atom stereocenters. The van der Waals surface area contributed by atoms with Crippen molar-refractivity contribution in [2.75, 3.05) is 6.61 Å². The normalized spacial score (nSPS) is 10.7. The van der Waals surface area contributed by atoms with Crippen LogP contribution in [0.3, 0.4) is 0 Å². The lowest BCUT2D eigenvalue weighted by atomic mass is 10.3. The number of nitrogens with zero attached hydrogens (tertiary/aromatic N) is 2. The zero-order valence-corrected chi connectivity index (χ0v) is 11.6. The quantitative estimate of drug-likeness (QED) is 0.567. The Labute approximate surface area is 106 Å². The molecule has 0 aliphatic rings. The molecule has 0 aliphatic heterocycles. The second-order valence-corrected chi connectivity index (χ2v) is 4.44. The third kappa shape index (κ3) is 3.46. The number of aromatic nitrogens is 2. The maximum absolute atomic E-state index is 5.62. The zero-order valence-electron chi connectivity index (χ0n) is 10.0. The Hall–Kier alpha value is -0.610. The van der Waals surface area contributed by atoms with Crippen LogP contribution in [0, 0.1) is 6.92 Å². The molecule has 0 saturated heterocycles. The molecule has 4 heteroatoms. The molecule has 1 aromatic rings. The summed E-state index contributed by atoms with van der Waals surface area (Å²) in [5.41, 5.74) is 2.14. The second-order valence-electron chi connectivity index (χ2n) is 3.65. The van der Waals surface area contributed by atoms with Gasteiger partial charge in [-0.25, -0.2) is 0 Å². The van der Waals surface area contributed by atoms with Crippen molar-refractivity contribution in [2.45, 2.75) is 39.8 Å². The Morgan fingerprint density at radius 2 is 2.31 bits per heavy atom. The van der Waals surface area contributed by atoms with Crippen LogP contribution in [0.2, 0.25) is 0 Å². The van der Waals surface area contributed by atoms with Crippen molar-refractivity contribution in [1.82, 2.24) is 9.78 Å². The minimum atomic E-state index is 0.617. The lowest BCUT2D eigenvalue weighted by Crippen LogP contribution is -2.05. The summed E-state index contributed by atoms with van der Waals surface area (Å²) < 4.78 is 8.67. The molecule has 0 aromatic carbocycles. The first-order valence-electron chi connectivity index (χ1n) is 5.61. The van der Waals surface area contributed by atoms with Gasteiger partial charge in [0.25, 0.3) is 0 Å². The monoisotopic (exact) mass is 286 g/mol. The van der Waals surface area contributed by atoms with Gasteiger partial charge in [-0.05, 0) is 42.6 Å². The fraction of sp³-hybridized carbons (Fsp3) is 0.583. The van der Waals surface area contributed by atoms with Crippen molar-refractivity contribution in [1.29, 1.82) is 0 Å². The minimum Gasteiger partial charge on any atom is -0.375 e. The molecule has 3 nitrogen and oxygen atoms in total. The molecule has 0 aliphatic carbocycles. The van der Waals surface area contributed by atoms with Crippen LogP contribution < -0.4 is 0 Å². The molecule has 16 heavy (non-hydrogen) atoms. The van der Waals surface area contributed by atoms with Crippen LogP contribution in [0.15, 0.2) is 17.1 Å². The lowest BCUT2D eigenvalue weighted by Gasteiger charge is -2.06. The van der Waals surface area contributed by atoms with Crippen LogP contribution in [-0.4, -0.2) is 16.4 Å². The first kappa shape index (κ1) is 13.5. The highest BCUT2D eigenvalue weighted by molar-refractivity contribution is 9.10. The highest BCUT2D eigenvalue weighted by Crippen LogP contribution is 2.21. The number of ether oxygens (including phenoxy) is 1. The number of rotatable bonds is 7. The van der Waals surface area contributed by atoms with E-state index in [9.17, 15) is 0 Å². The van der Waals surface area contributed by atoms with Gasteiger partial charge in [0, 0.05) is 13.2 Å². The maximum atomic E-state index is 5.62. The number of hydrogen-bond acceptors (Lipinski definition) is 2. The van der Waals surface area contributed by atoms with Crippen molar-refractivity contribution < 1.29 is 4.74 Å². The third-order valence-electron chi connectivity index (χ3n) is 2.39. The van der Waals surface area contributed by atoms with E-state index in [0.29, 0.717) is 6.61 Å². The van der Waals surface area contributed by atoms with Crippen LogP contribution in [0.5, 0.6) is 0 Å². The Morgan fingerprint density at radius 1 is 1.56 bits per heavy atom. The van der Waals surface area contributed by atoms with Crippen molar-refractivity contribution >= 4 is 15.9 Å². The number of aryl methyl sites for hydroxylation is 2. The van der Waals surface area contributed by atoms with Gasteiger partial charge in [0.15, 0.2) is 0 Å². The zero-order chi connectivity index (χ0) is 12.0. The van der Waals surface area contributed by atoms with E-state index in [1.165, 1.54) is 0 Å². The van der Waals surface area contributed by atoms with E-state index in [1.54, 1.807) is 0 Å². The van der Waals surface area contributed by atoms with Crippen LogP contribution in [0.25, 0.3) is 0 Å². The Kier molecular flexibility index (Phi) is 5.77. The smallest absolute Gasteiger partial charge is 0.0896 e. The predicted octanol–water partition coefficient (Wildman–Crippen LogP) is 3.46. The molecule has 90 valence electrons. The van der Waals surface area contributed by atoms with Gasteiger partial charge in [-0.15, -0.1) is 6.58 Å². The highest BCUT2D eigenvalue weighted by Gasteiger charge is 2.11. The summed E-state index contributed by atoms with van der Waals surface area (Å²) in [7, 11) is 0. The average molecular weight is 287 g/mol. The number of hydrogen-bond donors (Lipinski definition) is 0. The Balaban J connectivity index is 2.49. The second kappa shape index (κ2) is 6.86. The lowest BCUT2D eigenvalue weighted by molar-refractivity contribution is 0.113. The van der Waals surface area contributed by atoms with E-state index in [4.69, 9.17) is 4.74 Å². The molecule has 0 amide bonds. The SMILES string of the molecule is C=CCCCOCc1c(Br)c(C)nn1CC. The van der Waals surface area contributed by atoms with E-state index in [1.807, 2.05) is 17.7 Å². The summed E-state index contributed by atoms with van der Waals surface area (Å²) in [5, 5.41) is 4.42. The molecule has 1 aromatic heterocycles. The van der Waals surface area contributed by atoms with Gasteiger partial charge in [0.2, 0.25) is 0 Å². The summed E-state index contributed by atoms with van der Waals surface area (Å²) in [6.07, 6.45) is 3.95. The summed E-state index contributed by atoms with van der Waals surface area (Å²) in [6, 6.07) is 0. The molecule has 0 bridgehead atoms. The maximum Gasteiger partial charge on any atom is 0.0896 e. The summed E-state index contributed by atoms with van der Waals surface area (Å²) in [5.74, 6) is 0. The fourth-order valence-corrected chi connectivity index (χ4v) is 1.90. The van der Waals surface area contributed by atoms with E-state index in [-0.39, 0.29) is 0 Å². The molecule has 0 fully saturated rings. The van der Waals surface area contributed by atoms with Gasteiger partial charge in [-0.1, -0.05) is 6.08 Å². The van der Waals surface area contributed by atoms with Crippen molar-refractivity contribution in [3.8, 4) is 0 Å². The first-order valence-corrected chi connectivity index (χ1v) is 6.40. The topological polar surface area (TPSA) is 27.1 Å². The van der Waals surface area contributed by atoms with Gasteiger partial charge in [0.05, 0.1) is 22.5 Å². The first-order chi connectivity index (χ1) is 7.70. The van der Waals surface area contributed by atoms with E-state index < -0.39 is 0 Å². The Bertz CT molecular complexity index is 347. The van der Waals surface area contributed by atoms with E-state index >= 15 is 0 Å². The largest absolute Gasteiger partial charge is 0.375 e. The van der Waals surface area contributed by atoms with Crippen LogP contribution in [0.1, 0.15) is 31.2 Å². The Morgan fingerprint density at radius 3 is 2.94 bits per heavy atom. The van der Waals surface area contributed by atoms with E-state index in [2.05, 4.69) is 34.5 Å². The standard InChI is InChI=1S/C12H19BrN2O/c1-4-6-7-8-16-9-11-12(13)10(3)14-15(11)5-2/h4H,1,5-9H2,2-3H3. The van der Waals surface area contributed by atoms with Crippen molar-refractivity contribution in [2.24, 2.45) is 0 Å². The van der Waals surface area contributed by atoms with Crippen molar-refractivity contribution in [3.63, 3.8) is 0 Å². The summed E-state index contributed by atoms with van der Waals surface area (Å²) in [6.45, 7) is 10.0. The molecule has 1 heterocycles. The van der Waals surface area contributed by atoms with Gasteiger partial charge in [0.1, 0.15) is 0 Å².